The highest BCUT2D eigenvalue weighted by atomic mass is 16.6. The second kappa shape index (κ2) is 5.98. The van der Waals surface area contributed by atoms with Gasteiger partial charge in [0, 0.05) is 0 Å². The minimum absolute atomic E-state index is 0.193. The molecule has 0 aromatic carbocycles. The summed E-state index contributed by atoms with van der Waals surface area (Å²) in [6, 6.07) is 1.39. The van der Waals surface area contributed by atoms with E-state index in [4.69, 9.17) is 4.42 Å². The number of hydrogen-bond donors (Lipinski definition) is 1. The van der Waals surface area contributed by atoms with Gasteiger partial charge < -0.3 is 14.5 Å². The Bertz CT molecular complexity index is 493. The molecule has 19 heavy (non-hydrogen) atoms. The molecular weight excluding hydrogens is 256 g/mol. The summed E-state index contributed by atoms with van der Waals surface area (Å²) in [5.41, 5.74) is 0. The van der Waals surface area contributed by atoms with Crippen molar-refractivity contribution in [3.05, 3.63) is 28.0 Å². The highest BCUT2D eigenvalue weighted by Crippen LogP contribution is 2.16. The van der Waals surface area contributed by atoms with Crippen LogP contribution in [0.4, 0.5) is 5.88 Å². The van der Waals surface area contributed by atoms with E-state index in [2.05, 4.69) is 10.1 Å². The van der Waals surface area contributed by atoms with E-state index in [9.17, 15) is 19.7 Å². The van der Waals surface area contributed by atoms with Crippen molar-refractivity contribution in [3.63, 3.8) is 0 Å². The summed E-state index contributed by atoms with van der Waals surface area (Å²) in [5.74, 6) is -2.27. The van der Waals surface area contributed by atoms with Crippen LogP contribution in [-0.4, -0.2) is 30.0 Å². The summed E-state index contributed by atoms with van der Waals surface area (Å²) in [6.07, 6.45) is 0. The lowest BCUT2D eigenvalue weighted by molar-refractivity contribution is -0.402. The Balaban J connectivity index is 2.81. The van der Waals surface area contributed by atoms with Gasteiger partial charge in [-0.3, -0.25) is 14.9 Å². The molecule has 0 aliphatic carbocycles. The van der Waals surface area contributed by atoms with Gasteiger partial charge in [0.1, 0.15) is 11.0 Å². The van der Waals surface area contributed by atoms with Crippen molar-refractivity contribution in [2.24, 2.45) is 5.92 Å². The average Bonchev–Trinajstić information content (AvgIpc) is 2.84. The molecule has 0 aliphatic rings. The van der Waals surface area contributed by atoms with E-state index < -0.39 is 28.7 Å². The minimum Gasteiger partial charge on any atom is -0.467 e. The summed E-state index contributed by atoms with van der Waals surface area (Å²) in [7, 11) is 1.21. The van der Waals surface area contributed by atoms with Crippen LogP contribution < -0.4 is 5.32 Å². The first kappa shape index (κ1) is 14.7. The third-order valence-corrected chi connectivity index (χ3v) is 2.40. The molecule has 1 N–H and O–H groups in total. The summed E-state index contributed by atoms with van der Waals surface area (Å²) >= 11 is 0. The maximum absolute atomic E-state index is 11.8. The maximum Gasteiger partial charge on any atom is 0.433 e. The third-order valence-electron chi connectivity index (χ3n) is 2.40. The summed E-state index contributed by atoms with van der Waals surface area (Å²) in [5, 5.41) is 12.8. The number of nitrogens with one attached hydrogen (secondary N) is 1. The lowest BCUT2D eigenvalue weighted by Crippen LogP contribution is -2.44. The van der Waals surface area contributed by atoms with E-state index in [1.807, 2.05) is 0 Å². The highest BCUT2D eigenvalue weighted by molar-refractivity contribution is 5.94. The first-order valence-corrected chi connectivity index (χ1v) is 5.49. The van der Waals surface area contributed by atoms with Crippen LogP contribution >= 0.6 is 0 Å². The van der Waals surface area contributed by atoms with E-state index in [1.165, 1.54) is 13.2 Å². The number of esters is 1. The molecule has 1 heterocycles. The molecule has 1 aromatic rings. The fourth-order valence-corrected chi connectivity index (χ4v) is 1.38. The molecule has 0 saturated carbocycles. The van der Waals surface area contributed by atoms with E-state index in [-0.39, 0.29) is 11.7 Å². The third kappa shape index (κ3) is 3.54. The van der Waals surface area contributed by atoms with E-state index in [0.29, 0.717) is 0 Å². The largest absolute Gasteiger partial charge is 0.467 e. The molecule has 0 fully saturated rings. The van der Waals surface area contributed by atoms with Gasteiger partial charge >= 0.3 is 11.9 Å². The van der Waals surface area contributed by atoms with Gasteiger partial charge in [-0.05, 0) is 12.0 Å². The van der Waals surface area contributed by atoms with Gasteiger partial charge in [0.05, 0.1) is 13.2 Å². The predicted octanol–water partition coefficient (Wildman–Crippen LogP) is 1.12. The maximum atomic E-state index is 11.8. The molecule has 1 amide bonds. The molecule has 1 unspecified atom stereocenters. The number of hydrogen-bond acceptors (Lipinski definition) is 6. The number of rotatable bonds is 5. The van der Waals surface area contributed by atoms with Crippen molar-refractivity contribution in [2.75, 3.05) is 7.11 Å². The van der Waals surface area contributed by atoms with E-state index in [0.717, 1.165) is 6.07 Å². The van der Waals surface area contributed by atoms with Crippen LogP contribution in [0.1, 0.15) is 24.4 Å². The van der Waals surface area contributed by atoms with Crippen molar-refractivity contribution in [3.8, 4) is 0 Å². The number of ether oxygens (including phenoxy) is 1. The number of carbonyl (C=O) groups excluding carboxylic acids is 2. The monoisotopic (exact) mass is 270 g/mol. The Labute approximate surface area is 108 Å². The van der Waals surface area contributed by atoms with Crippen LogP contribution in [0.3, 0.4) is 0 Å². The lowest BCUT2D eigenvalue weighted by Gasteiger charge is -2.18. The second-order valence-corrected chi connectivity index (χ2v) is 4.11. The number of furan rings is 1. The molecule has 0 spiro atoms. The van der Waals surface area contributed by atoms with Gasteiger partial charge in [-0.2, -0.15) is 0 Å². The zero-order chi connectivity index (χ0) is 14.6. The number of nitro groups is 1. The minimum atomic E-state index is -0.846. The smallest absolute Gasteiger partial charge is 0.433 e. The zero-order valence-electron chi connectivity index (χ0n) is 10.7. The Morgan fingerprint density at radius 3 is 2.47 bits per heavy atom. The molecule has 0 aliphatic heterocycles. The molecule has 1 aromatic heterocycles. The topological polar surface area (TPSA) is 112 Å². The predicted molar refractivity (Wildman–Crippen MR) is 63.5 cm³/mol. The number of nitrogens with zero attached hydrogens (tertiary/aromatic N) is 1. The molecule has 0 radical (unpaired) electrons. The quantitative estimate of drug-likeness (QED) is 0.487. The number of amides is 1. The van der Waals surface area contributed by atoms with Crippen LogP contribution in [0, 0.1) is 16.0 Å². The molecule has 0 bridgehead atoms. The zero-order valence-corrected chi connectivity index (χ0v) is 10.7. The molecule has 0 saturated heterocycles. The van der Waals surface area contributed by atoms with E-state index >= 15 is 0 Å². The van der Waals surface area contributed by atoms with Crippen molar-refractivity contribution >= 4 is 17.8 Å². The Kier molecular flexibility index (Phi) is 4.62. The van der Waals surface area contributed by atoms with Crippen LogP contribution in [0.2, 0.25) is 0 Å². The Morgan fingerprint density at radius 2 is 2.05 bits per heavy atom. The normalized spacial score (nSPS) is 12.0. The fraction of sp³-hybridized carbons (Fsp3) is 0.455. The first-order valence-electron chi connectivity index (χ1n) is 5.49. The lowest BCUT2D eigenvalue weighted by atomic mass is 10.0. The average molecular weight is 270 g/mol. The molecule has 1 rings (SSSR count). The summed E-state index contributed by atoms with van der Waals surface area (Å²) < 4.78 is 9.30. The van der Waals surface area contributed by atoms with Gasteiger partial charge in [0.2, 0.25) is 0 Å². The summed E-state index contributed by atoms with van der Waals surface area (Å²) in [4.78, 5) is 32.9. The second-order valence-electron chi connectivity index (χ2n) is 4.11. The molecule has 8 heteroatoms. The SMILES string of the molecule is COC(=O)C(NC(=O)c1ccc([N+](=O)[O-])o1)C(C)C. The van der Waals surface area contributed by atoms with Crippen molar-refractivity contribution in [1.29, 1.82) is 0 Å². The van der Waals surface area contributed by atoms with Crippen molar-refractivity contribution in [1.82, 2.24) is 5.32 Å². The Hall–Kier alpha value is -2.38. The fourth-order valence-electron chi connectivity index (χ4n) is 1.38. The first-order chi connectivity index (χ1) is 8.86. The van der Waals surface area contributed by atoms with Crippen LogP contribution in [0.15, 0.2) is 16.5 Å². The van der Waals surface area contributed by atoms with E-state index in [1.54, 1.807) is 13.8 Å². The summed E-state index contributed by atoms with van der Waals surface area (Å²) in [6.45, 7) is 3.46. The molecular formula is C11H14N2O6. The molecule has 1 atom stereocenters. The van der Waals surface area contributed by atoms with Crippen LogP contribution in [0.5, 0.6) is 0 Å². The number of carbonyl (C=O) groups is 2. The molecule has 104 valence electrons. The van der Waals surface area contributed by atoms with Crippen LogP contribution in [0.25, 0.3) is 0 Å². The molecule has 8 nitrogen and oxygen atoms in total. The number of methoxy groups -OCH3 is 1. The standard InChI is InChI=1S/C11H14N2O6/c1-6(2)9(11(15)18-3)12-10(14)7-4-5-8(19-7)13(16)17/h4-6,9H,1-3H3,(H,12,14). The highest BCUT2D eigenvalue weighted by Gasteiger charge is 2.27. The Morgan fingerprint density at radius 1 is 1.42 bits per heavy atom. The van der Waals surface area contributed by atoms with Gasteiger partial charge in [0.15, 0.2) is 5.76 Å². The van der Waals surface area contributed by atoms with Gasteiger partial charge in [-0.25, -0.2) is 4.79 Å². The van der Waals surface area contributed by atoms with Crippen LogP contribution in [-0.2, 0) is 9.53 Å². The van der Waals surface area contributed by atoms with Gasteiger partial charge in [-0.1, -0.05) is 13.8 Å². The van der Waals surface area contributed by atoms with Crippen molar-refractivity contribution < 1.29 is 23.7 Å². The van der Waals surface area contributed by atoms with Gasteiger partial charge in [0.25, 0.3) is 5.91 Å². The van der Waals surface area contributed by atoms with Crippen molar-refractivity contribution in [2.45, 2.75) is 19.9 Å². The van der Waals surface area contributed by atoms with Gasteiger partial charge in [-0.15, -0.1) is 0 Å².